The number of hydrogen-bond acceptors (Lipinski definition) is 3. The fraction of sp³-hybridized carbons (Fsp3) is 0.357. The summed E-state index contributed by atoms with van der Waals surface area (Å²) in [6.45, 7) is 1.93. The third kappa shape index (κ3) is 6.89. The lowest BCUT2D eigenvalue weighted by Crippen LogP contribution is -2.39. The lowest BCUT2D eigenvalue weighted by molar-refractivity contribution is -0.138. The van der Waals surface area contributed by atoms with E-state index < -0.39 is 17.9 Å². The van der Waals surface area contributed by atoms with Crippen LogP contribution in [0, 0.1) is 5.92 Å². The Bertz CT molecular complexity index is 533. The number of rotatable bonds is 6. The van der Waals surface area contributed by atoms with Crippen molar-refractivity contribution in [3.05, 3.63) is 34.3 Å². The van der Waals surface area contributed by atoms with Crippen molar-refractivity contribution in [2.75, 3.05) is 0 Å². The second kappa shape index (κ2) is 8.41. The molecule has 0 aliphatic rings. The number of carbonyl (C=O) groups excluding carboxylic acids is 2. The van der Waals surface area contributed by atoms with Gasteiger partial charge in [-0.2, -0.15) is 0 Å². The van der Waals surface area contributed by atoms with Gasteiger partial charge >= 0.3 is 12.0 Å². The molecule has 0 aliphatic heterocycles. The van der Waals surface area contributed by atoms with Gasteiger partial charge in [-0.05, 0) is 17.5 Å². The van der Waals surface area contributed by atoms with E-state index in [0.29, 0.717) is 0 Å². The Balaban J connectivity index is 2.35. The minimum atomic E-state index is -0.964. The van der Waals surface area contributed by atoms with Gasteiger partial charge in [-0.3, -0.25) is 14.9 Å². The maximum atomic E-state index is 11.6. The molecule has 0 fully saturated rings. The highest BCUT2D eigenvalue weighted by atomic mass is 79.9. The first-order valence-corrected chi connectivity index (χ1v) is 7.20. The molecule has 1 atom stereocenters. The molecule has 7 heteroatoms. The molecule has 1 rings (SSSR count). The van der Waals surface area contributed by atoms with Crippen LogP contribution in [0.5, 0.6) is 0 Å². The van der Waals surface area contributed by atoms with Crippen LogP contribution in [0.2, 0.25) is 0 Å². The number of carboxylic acid groups (broad SMARTS) is 1. The average molecular weight is 357 g/mol. The Kier molecular flexibility index (Phi) is 6.87. The van der Waals surface area contributed by atoms with E-state index in [0.717, 1.165) is 10.0 Å². The van der Waals surface area contributed by atoms with E-state index in [1.54, 1.807) is 6.92 Å². The van der Waals surface area contributed by atoms with Crippen LogP contribution < -0.4 is 10.6 Å². The predicted octanol–water partition coefficient (Wildman–Crippen LogP) is 2.28. The summed E-state index contributed by atoms with van der Waals surface area (Å²) in [5, 5.41) is 13.3. The number of aliphatic carboxylic acids is 1. The van der Waals surface area contributed by atoms with Crippen molar-refractivity contribution in [3.63, 3.8) is 0 Å². The predicted molar refractivity (Wildman–Crippen MR) is 80.6 cm³/mol. The Morgan fingerprint density at radius 1 is 1.24 bits per heavy atom. The molecule has 1 unspecified atom stereocenters. The lowest BCUT2D eigenvalue weighted by atomic mass is 10.0. The molecule has 0 heterocycles. The molecule has 114 valence electrons. The molecule has 0 bridgehead atoms. The van der Waals surface area contributed by atoms with Gasteiger partial charge in [0.1, 0.15) is 0 Å². The van der Waals surface area contributed by atoms with Crippen LogP contribution in [0.25, 0.3) is 0 Å². The van der Waals surface area contributed by atoms with Gasteiger partial charge in [0, 0.05) is 23.9 Å². The first kappa shape index (κ1) is 17.2. The van der Waals surface area contributed by atoms with E-state index in [9.17, 15) is 14.4 Å². The molecule has 1 aromatic carbocycles. The first-order valence-electron chi connectivity index (χ1n) is 6.41. The van der Waals surface area contributed by atoms with Crippen molar-refractivity contribution in [2.45, 2.75) is 26.3 Å². The monoisotopic (exact) mass is 356 g/mol. The first-order chi connectivity index (χ1) is 9.88. The Hall–Kier alpha value is -1.89. The molecule has 6 nitrogen and oxygen atoms in total. The summed E-state index contributed by atoms with van der Waals surface area (Å²) >= 11 is 3.36. The quantitative estimate of drug-likeness (QED) is 0.728. The van der Waals surface area contributed by atoms with Crippen LogP contribution in [0.3, 0.4) is 0 Å². The van der Waals surface area contributed by atoms with Crippen LogP contribution in [0.15, 0.2) is 28.7 Å². The molecule has 3 N–H and O–H groups in total. The van der Waals surface area contributed by atoms with Crippen LogP contribution in [0.1, 0.15) is 25.3 Å². The van der Waals surface area contributed by atoms with Crippen molar-refractivity contribution in [3.8, 4) is 0 Å². The zero-order valence-corrected chi connectivity index (χ0v) is 13.1. The number of carboxylic acids is 1. The standard InChI is InChI=1S/C14H17BrN2O4/c1-9(7-13(19)20)6-12(18)17-14(21)16-8-10-4-2-3-5-11(10)15/h2-5,9H,6-8H2,1H3,(H,19,20)(H2,16,17,18,21). The average Bonchev–Trinajstić information content (AvgIpc) is 2.36. The van der Waals surface area contributed by atoms with Gasteiger partial charge in [-0.1, -0.05) is 41.1 Å². The fourth-order valence-corrected chi connectivity index (χ4v) is 2.15. The van der Waals surface area contributed by atoms with Crippen LogP contribution >= 0.6 is 15.9 Å². The molecule has 1 aromatic rings. The fourth-order valence-electron chi connectivity index (χ4n) is 1.73. The van der Waals surface area contributed by atoms with Gasteiger partial charge in [0.2, 0.25) is 5.91 Å². The molecular weight excluding hydrogens is 340 g/mol. The number of carbonyl (C=O) groups is 3. The minimum Gasteiger partial charge on any atom is -0.481 e. The van der Waals surface area contributed by atoms with Gasteiger partial charge in [0.15, 0.2) is 0 Å². The maximum Gasteiger partial charge on any atom is 0.321 e. The summed E-state index contributed by atoms with van der Waals surface area (Å²) in [5.41, 5.74) is 0.888. The zero-order chi connectivity index (χ0) is 15.8. The number of nitrogens with one attached hydrogen (secondary N) is 2. The van der Waals surface area contributed by atoms with Crippen LogP contribution in [-0.2, 0) is 16.1 Å². The number of hydrogen-bond donors (Lipinski definition) is 3. The number of halogens is 1. The normalized spacial score (nSPS) is 11.5. The smallest absolute Gasteiger partial charge is 0.321 e. The summed E-state index contributed by atoms with van der Waals surface area (Å²) in [4.78, 5) is 33.6. The summed E-state index contributed by atoms with van der Waals surface area (Å²) < 4.78 is 0.867. The molecule has 0 radical (unpaired) electrons. The minimum absolute atomic E-state index is 0.00521. The summed E-state index contributed by atoms with van der Waals surface area (Å²) in [6.07, 6.45) is -0.110. The Labute approximate surface area is 131 Å². The van der Waals surface area contributed by atoms with Crippen LogP contribution in [-0.4, -0.2) is 23.0 Å². The zero-order valence-electron chi connectivity index (χ0n) is 11.6. The summed E-state index contributed by atoms with van der Waals surface area (Å²) in [6, 6.07) is 6.81. The van der Waals surface area contributed by atoms with Crippen molar-refractivity contribution < 1.29 is 19.5 Å². The summed E-state index contributed by atoms with van der Waals surface area (Å²) in [7, 11) is 0. The van der Waals surface area contributed by atoms with E-state index in [1.807, 2.05) is 24.3 Å². The molecule has 21 heavy (non-hydrogen) atoms. The SMILES string of the molecule is CC(CC(=O)O)CC(=O)NC(=O)NCc1ccccc1Br. The lowest BCUT2D eigenvalue weighted by Gasteiger charge is -2.10. The van der Waals surface area contributed by atoms with Crippen molar-refractivity contribution in [1.82, 2.24) is 10.6 Å². The maximum absolute atomic E-state index is 11.6. The van der Waals surface area contributed by atoms with Gasteiger partial charge in [0.05, 0.1) is 0 Å². The van der Waals surface area contributed by atoms with E-state index >= 15 is 0 Å². The highest BCUT2D eigenvalue weighted by Crippen LogP contribution is 2.15. The number of imide groups is 1. The third-order valence-electron chi connectivity index (χ3n) is 2.71. The third-order valence-corrected chi connectivity index (χ3v) is 3.48. The number of amides is 3. The molecular formula is C14H17BrN2O4. The van der Waals surface area contributed by atoms with Crippen molar-refractivity contribution in [2.24, 2.45) is 5.92 Å². The van der Waals surface area contributed by atoms with Gasteiger partial charge in [0.25, 0.3) is 0 Å². The van der Waals surface area contributed by atoms with Crippen molar-refractivity contribution in [1.29, 1.82) is 0 Å². The van der Waals surface area contributed by atoms with E-state index in [-0.39, 0.29) is 25.3 Å². The number of benzene rings is 1. The van der Waals surface area contributed by atoms with E-state index in [1.165, 1.54) is 0 Å². The topological polar surface area (TPSA) is 95.5 Å². The molecule has 3 amide bonds. The van der Waals surface area contributed by atoms with Gasteiger partial charge < -0.3 is 10.4 Å². The second-order valence-electron chi connectivity index (χ2n) is 4.73. The number of urea groups is 1. The Morgan fingerprint density at radius 2 is 1.90 bits per heavy atom. The molecule has 0 aliphatic carbocycles. The van der Waals surface area contributed by atoms with Crippen LogP contribution in [0.4, 0.5) is 4.79 Å². The second-order valence-corrected chi connectivity index (χ2v) is 5.58. The van der Waals surface area contributed by atoms with Crippen molar-refractivity contribution >= 4 is 33.8 Å². The highest BCUT2D eigenvalue weighted by Gasteiger charge is 2.14. The van der Waals surface area contributed by atoms with Gasteiger partial charge in [-0.15, -0.1) is 0 Å². The van der Waals surface area contributed by atoms with E-state index in [4.69, 9.17) is 5.11 Å². The van der Waals surface area contributed by atoms with E-state index in [2.05, 4.69) is 26.6 Å². The largest absolute Gasteiger partial charge is 0.481 e. The summed E-state index contributed by atoms with van der Waals surface area (Å²) in [5.74, 6) is -1.78. The Morgan fingerprint density at radius 3 is 2.52 bits per heavy atom. The highest BCUT2D eigenvalue weighted by molar-refractivity contribution is 9.10. The molecule has 0 aromatic heterocycles. The molecule has 0 saturated heterocycles. The van der Waals surface area contributed by atoms with Gasteiger partial charge in [-0.25, -0.2) is 4.79 Å². The molecule has 0 saturated carbocycles. The molecule has 0 spiro atoms.